The molecule has 8 heteroatoms. The first-order chi connectivity index (χ1) is 12.7. The number of esters is 1. The number of ether oxygens (including phenoxy) is 1. The quantitative estimate of drug-likeness (QED) is 0.697. The molecule has 136 valence electrons. The first-order valence-corrected chi connectivity index (χ1v) is 9.65. The van der Waals surface area contributed by atoms with Gasteiger partial charge in [-0.25, -0.2) is 14.3 Å². The molecule has 26 heavy (non-hydrogen) atoms. The molecule has 3 aromatic rings. The first-order valence-electron chi connectivity index (χ1n) is 8.70. The molecule has 3 aromatic heterocycles. The van der Waals surface area contributed by atoms with E-state index in [1.807, 2.05) is 0 Å². The van der Waals surface area contributed by atoms with Crippen molar-refractivity contribution in [1.29, 1.82) is 0 Å². The summed E-state index contributed by atoms with van der Waals surface area (Å²) in [6.45, 7) is 3.57. The van der Waals surface area contributed by atoms with Gasteiger partial charge in [0.05, 0.1) is 12.3 Å². The van der Waals surface area contributed by atoms with E-state index in [4.69, 9.17) is 4.74 Å². The number of nitrogens with one attached hydrogen (secondary N) is 1. The lowest BCUT2D eigenvalue weighted by Gasteiger charge is -2.23. The number of rotatable bonds is 5. The lowest BCUT2D eigenvalue weighted by Crippen LogP contribution is -2.25. The molecule has 0 radical (unpaired) electrons. The van der Waals surface area contributed by atoms with Gasteiger partial charge in [0.25, 0.3) is 5.56 Å². The number of H-pyrrole nitrogens is 1. The van der Waals surface area contributed by atoms with E-state index in [9.17, 15) is 9.59 Å². The van der Waals surface area contributed by atoms with E-state index < -0.39 is 5.97 Å². The van der Waals surface area contributed by atoms with Gasteiger partial charge in [-0.3, -0.25) is 14.8 Å². The van der Waals surface area contributed by atoms with Gasteiger partial charge in [-0.15, -0.1) is 0 Å². The fourth-order valence-corrected chi connectivity index (χ4v) is 4.24. The Morgan fingerprint density at radius 2 is 2.38 bits per heavy atom. The van der Waals surface area contributed by atoms with Crippen LogP contribution in [0.15, 0.2) is 33.9 Å². The van der Waals surface area contributed by atoms with Gasteiger partial charge in [0.15, 0.2) is 5.65 Å². The summed E-state index contributed by atoms with van der Waals surface area (Å²) in [5.74, 6) is -0.479. The largest absolute Gasteiger partial charge is 0.462 e. The molecule has 0 aliphatic carbocycles. The highest BCUT2D eigenvalue weighted by molar-refractivity contribution is 7.07. The Bertz CT molecular complexity index is 976. The second kappa shape index (κ2) is 7.05. The number of hydrogen-bond acceptors (Lipinski definition) is 6. The van der Waals surface area contributed by atoms with E-state index in [1.165, 1.54) is 22.3 Å². The van der Waals surface area contributed by atoms with E-state index in [1.54, 1.807) is 18.3 Å². The number of fused-ring (bicyclic) bond motifs is 1. The highest BCUT2D eigenvalue weighted by atomic mass is 32.1. The third-order valence-corrected chi connectivity index (χ3v) is 5.40. The van der Waals surface area contributed by atoms with Crippen molar-refractivity contribution in [2.45, 2.75) is 32.4 Å². The third kappa shape index (κ3) is 3.06. The topological polar surface area (TPSA) is 79.7 Å². The third-order valence-electron chi connectivity index (χ3n) is 4.70. The molecule has 1 aliphatic rings. The maximum absolute atomic E-state index is 12.4. The number of hydrogen-bond donors (Lipinski definition) is 1. The molecule has 7 nitrogen and oxygen atoms in total. The Kier molecular flexibility index (Phi) is 4.60. The molecule has 1 aliphatic heterocycles. The summed E-state index contributed by atoms with van der Waals surface area (Å²) in [4.78, 5) is 31.4. The molecule has 1 atom stereocenters. The highest BCUT2D eigenvalue weighted by Crippen LogP contribution is 2.33. The molecule has 0 spiro atoms. The van der Waals surface area contributed by atoms with Crippen LogP contribution < -0.4 is 5.56 Å². The summed E-state index contributed by atoms with van der Waals surface area (Å²) in [7, 11) is 0. The molecular formula is C18H20N4O3S. The SMILES string of the molecule is CCOC(=O)c1c[nH]n2c(=O)cc(CN3CCC[C@H]3c3ccsc3)nc12. The summed E-state index contributed by atoms with van der Waals surface area (Å²) >= 11 is 1.70. The van der Waals surface area contributed by atoms with Crippen molar-refractivity contribution in [1.82, 2.24) is 19.5 Å². The second-order valence-electron chi connectivity index (χ2n) is 6.34. The maximum atomic E-state index is 12.4. The molecule has 1 fully saturated rings. The van der Waals surface area contributed by atoms with Crippen molar-refractivity contribution < 1.29 is 9.53 Å². The normalized spacial score (nSPS) is 17.8. The molecule has 1 N–H and O–H groups in total. The molecule has 0 amide bonds. The molecular weight excluding hydrogens is 352 g/mol. The maximum Gasteiger partial charge on any atom is 0.343 e. The first kappa shape index (κ1) is 17.0. The van der Waals surface area contributed by atoms with Crippen LogP contribution in [0, 0.1) is 0 Å². The molecule has 4 heterocycles. The van der Waals surface area contributed by atoms with E-state index in [0.717, 1.165) is 19.4 Å². The zero-order chi connectivity index (χ0) is 18.1. The van der Waals surface area contributed by atoms with Crippen molar-refractivity contribution in [3.8, 4) is 0 Å². The van der Waals surface area contributed by atoms with E-state index in [-0.39, 0.29) is 17.7 Å². The van der Waals surface area contributed by atoms with Crippen molar-refractivity contribution in [2.75, 3.05) is 13.2 Å². The monoisotopic (exact) mass is 372 g/mol. The number of aromatic amines is 1. The van der Waals surface area contributed by atoms with E-state index in [2.05, 4.69) is 31.8 Å². The van der Waals surface area contributed by atoms with Crippen LogP contribution in [-0.2, 0) is 11.3 Å². The highest BCUT2D eigenvalue weighted by Gasteiger charge is 2.27. The Labute approximate surface area is 154 Å². The number of likely N-dealkylation sites (tertiary alicyclic amines) is 1. The summed E-state index contributed by atoms with van der Waals surface area (Å²) in [6.07, 6.45) is 3.70. The predicted octanol–water partition coefficient (Wildman–Crippen LogP) is 2.60. The Balaban J connectivity index is 1.65. The zero-order valence-corrected chi connectivity index (χ0v) is 15.3. The predicted molar refractivity (Wildman–Crippen MR) is 98.5 cm³/mol. The van der Waals surface area contributed by atoms with Gasteiger partial charge in [-0.05, 0) is 48.7 Å². The van der Waals surface area contributed by atoms with Crippen molar-refractivity contribution >= 4 is 23.0 Å². The Morgan fingerprint density at radius 3 is 3.15 bits per heavy atom. The lowest BCUT2D eigenvalue weighted by atomic mass is 10.1. The number of thiophene rings is 1. The Morgan fingerprint density at radius 1 is 1.50 bits per heavy atom. The van der Waals surface area contributed by atoms with Crippen LogP contribution in [0.4, 0.5) is 0 Å². The minimum absolute atomic E-state index is 0.230. The van der Waals surface area contributed by atoms with Crippen LogP contribution in [0.1, 0.15) is 47.4 Å². The van der Waals surface area contributed by atoms with Gasteiger partial charge in [0.1, 0.15) is 5.56 Å². The summed E-state index contributed by atoms with van der Waals surface area (Å²) in [5, 5.41) is 7.05. The van der Waals surface area contributed by atoms with Crippen LogP contribution in [0.25, 0.3) is 5.65 Å². The number of carbonyl (C=O) groups excluding carboxylic acids is 1. The van der Waals surface area contributed by atoms with E-state index in [0.29, 0.717) is 23.9 Å². The van der Waals surface area contributed by atoms with Crippen LogP contribution in [0.5, 0.6) is 0 Å². The minimum Gasteiger partial charge on any atom is -0.462 e. The molecule has 1 saturated heterocycles. The van der Waals surface area contributed by atoms with Crippen LogP contribution in [-0.4, -0.2) is 38.6 Å². The Hall–Kier alpha value is -2.45. The standard InChI is InChI=1S/C18H20N4O3S/c1-2-25-18(24)14-9-19-22-16(23)8-13(20-17(14)22)10-21-6-3-4-15(21)12-5-7-26-11-12/h5,7-9,11,15,19H,2-4,6,10H2,1H3/t15-/m0/s1. The van der Waals surface area contributed by atoms with Crippen molar-refractivity contribution in [3.05, 3.63) is 56.3 Å². The molecule has 0 bridgehead atoms. The molecule has 0 saturated carbocycles. The number of carbonyl (C=O) groups is 1. The van der Waals surface area contributed by atoms with Gasteiger partial charge in [0.2, 0.25) is 0 Å². The van der Waals surface area contributed by atoms with Gasteiger partial charge >= 0.3 is 5.97 Å². The van der Waals surface area contributed by atoms with Crippen LogP contribution in [0.3, 0.4) is 0 Å². The lowest BCUT2D eigenvalue weighted by molar-refractivity contribution is 0.0528. The average molecular weight is 372 g/mol. The van der Waals surface area contributed by atoms with Gasteiger partial charge in [-0.1, -0.05) is 0 Å². The summed E-state index contributed by atoms with van der Waals surface area (Å²) in [5.41, 5.74) is 2.35. The molecule has 0 aromatic carbocycles. The summed E-state index contributed by atoms with van der Waals surface area (Å²) in [6, 6.07) is 4.04. The smallest absolute Gasteiger partial charge is 0.343 e. The van der Waals surface area contributed by atoms with Crippen molar-refractivity contribution in [2.24, 2.45) is 0 Å². The second-order valence-corrected chi connectivity index (χ2v) is 7.12. The fraction of sp³-hybridized carbons (Fsp3) is 0.389. The average Bonchev–Trinajstić information content (AvgIpc) is 3.35. The molecule has 4 rings (SSSR count). The van der Waals surface area contributed by atoms with Crippen LogP contribution >= 0.6 is 11.3 Å². The zero-order valence-electron chi connectivity index (χ0n) is 14.5. The van der Waals surface area contributed by atoms with Gasteiger partial charge in [0, 0.05) is 24.8 Å². The molecule has 0 unspecified atom stereocenters. The fourth-order valence-electron chi connectivity index (χ4n) is 3.53. The van der Waals surface area contributed by atoms with Crippen molar-refractivity contribution in [3.63, 3.8) is 0 Å². The van der Waals surface area contributed by atoms with Gasteiger partial charge < -0.3 is 4.74 Å². The van der Waals surface area contributed by atoms with Crippen LogP contribution in [0.2, 0.25) is 0 Å². The van der Waals surface area contributed by atoms with Gasteiger partial charge in [-0.2, -0.15) is 11.3 Å². The number of nitrogens with zero attached hydrogens (tertiary/aromatic N) is 3. The minimum atomic E-state index is -0.479. The number of aromatic nitrogens is 3. The van der Waals surface area contributed by atoms with E-state index >= 15 is 0 Å². The summed E-state index contributed by atoms with van der Waals surface area (Å²) < 4.78 is 6.32.